The quantitative estimate of drug-likeness (QED) is 0.603. The van der Waals surface area contributed by atoms with Gasteiger partial charge < -0.3 is 15.6 Å². The smallest absolute Gasteiger partial charge is 0.320 e. The van der Waals surface area contributed by atoms with Gasteiger partial charge >= 0.3 is 5.97 Å². The number of carbonyl (C=O) groups excluding carboxylic acids is 1. The Balaban J connectivity index is 0.00000484. The summed E-state index contributed by atoms with van der Waals surface area (Å²) in [5.74, 6) is -0.891. The van der Waals surface area contributed by atoms with Crippen molar-refractivity contribution >= 4 is 24.2 Å². The van der Waals surface area contributed by atoms with E-state index in [1.807, 2.05) is 30.3 Å². The van der Waals surface area contributed by atoms with Gasteiger partial charge in [0.25, 0.3) is 0 Å². The van der Waals surface area contributed by atoms with Crippen LogP contribution in [0.15, 0.2) is 30.3 Å². The average Bonchev–Trinajstić information content (AvgIpc) is 2.52. The summed E-state index contributed by atoms with van der Waals surface area (Å²) < 4.78 is 5.57. The number of nitrogens with two attached hydrogens (primary N) is 1. The second-order valence-electron chi connectivity index (χ2n) is 5.45. The number of aliphatic carboxylic acids is 1. The molecular formula is C17H26ClNO4. The van der Waals surface area contributed by atoms with E-state index in [0.29, 0.717) is 19.4 Å². The highest BCUT2D eigenvalue weighted by molar-refractivity contribution is 5.85. The highest BCUT2D eigenvalue weighted by Crippen LogP contribution is 2.09. The fourth-order valence-electron chi connectivity index (χ4n) is 2.06. The number of hydrogen-bond donors (Lipinski definition) is 2. The van der Waals surface area contributed by atoms with Crippen LogP contribution < -0.4 is 5.73 Å². The summed E-state index contributed by atoms with van der Waals surface area (Å²) in [4.78, 5) is 22.5. The molecule has 130 valence electrons. The first-order valence-corrected chi connectivity index (χ1v) is 7.67. The molecule has 0 heterocycles. The molecule has 0 aromatic heterocycles. The van der Waals surface area contributed by atoms with Crippen molar-refractivity contribution in [2.75, 3.05) is 0 Å². The van der Waals surface area contributed by atoms with E-state index < -0.39 is 18.1 Å². The van der Waals surface area contributed by atoms with Gasteiger partial charge in [0.2, 0.25) is 0 Å². The molecule has 0 fully saturated rings. The fourth-order valence-corrected chi connectivity index (χ4v) is 2.06. The first-order chi connectivity index (χ1) is 10.5. The molecule has 2 atom stereocenters. The Kier molecular flexibility index (Phi) is 11.3. The number of carboxylic acid groups (broad SMARTS) is 1. The molecule has 0 spiro atoms. The van der Waals surface area contributed by atoms with E-state index in [1.54, 1.807) is 6.92 Å². The molecule has 1 aromatic rings. The van der Waals surface area contributed by atoms with E-state index in [-0.39, 0.29) is 18.2 Å². The molecule has 0 aliphatic heterocycles. The van der Waals surface area contributed by atoms with Crippen LogP contribution in [0.25, 0.3) is 0 Å². The Morgan fingerprint density at radius 3 is 2.43 bits per heavy atom. The van der Waals surface area contributed by atoms with Crippen LogP contribution in [0, 0.1) is 0 Å². The molecule has 0 bridgehead atoms. The molecule has 0 saturated heterocycles. The molecule has 23 heavy (non-hydrogen) atoms. The lowest BCUT2D eigenvalue weighted by Crippen LogP contribution is -2.29. The van der Waals surface area contributed by atoms with Crippen LogP contribution in [0.1, 0.15) is 44.6 Å². The van der Waals surface area contributed by atoms with Crippen molar-refractivity contribution in [2.45, 2.75) is 57.8 Å². The highest BCUT2D eigenvalue weighted by Gasteiger charge is 2.14. The third-order valence-corrected chi connectivity index (χ3v) is 3.55. The molecule has 0 amide bonds. The zero-order valence-electron chi connectivity index (χ0n) is 13.4. The first kappa shape index (κ1) is 21.6. The fraction of sp³-hybridized carbons (Fsp3) is 0.529. The molecule has 1 unspecified atom stereocenters. The molecule has 1 aromatic carbocycles. The van der Waals surface area contributed by atoms with Gasteiger partial charge in [-0.05, 0) is 25.3 Å². The maximum Gasteiger partial charge on any atom is 0.320 e. The van der Waals surface area contributed by atoms with Gasteiger partial charge in [0.1, 0.15) is 12.1 Å². The third kappa shape index (κ3) is 9.33. The summed E-state index contributed by atoms with van der Waals surface area (Å²) in [6.07, 6.45) is 2.76. The van der Waals surface area contributed by atoms with Gasteiger partial charge in [-0.15, -0.1) is 12.4 Å². The van der Waals surface area contributed by atoms with Crippen LogP contribution >= 0.6 is 12.4 Å². The Bertz CT molecular complexity index is 467. The second-order valence-corrected chi connectivity index (χ2v) is 5.45. The van der Waals surface area contributed by atoms with E-state index in [0.717, 1.165) is 24.8 Å². The van der Waals surface area contributed by atoms with Crippen LogP contribution in [0.2, 0.25) is 0 Å². The molecule has 0 saturated carbocycles. The van der Waals surface area contributed by atoms with Gasteiger partial charge in [0, 0.05) is 6.42 Å². The Hall–Kier alpha value is -1.43. The van der Waals surface area contributed by atoms with Gasteiger partial charge in [0.05, 0.1) is 6.61 Å². The van der Waals surface area contributed by atoms with Crippen LogP contribution in [0.3, 0.4) is 0 Å². The van der Waals surface area contributed by atoms with Crippen molar-refractivity contribution in [3.63, 3.8) is 0 Å². The van der Waals surface area contributed by atoms with Crippen LogP contribution in [0.5, 0.6) is 0 Å². The molecule has 3 N–H and O–H groups in total. The number of carboxylic acids is 1. The minimum Gasteiger partial charge on any atom is -0.480 e. The molecule has 0 aliphatic rings. The third-order valence-electron chi connectivity index (χ3n) is 3.55. The number of Topliss-reactive ketones (excluding diaryl/α,β-unsaturated/α-hetero) is 1. The minimum atomic E-state index is -0.973. The largest absolute Gasteiger partial charge is 0.480 e. The molecule has 0 aliphatic carbocycles. The standard InChI is InChI=1S/C17H25NO4.ClH/c1-13(22-12-14-8-4-2-5-9-14)16(19)11-7-3-6-10-15(18)17(20)21;/h2,4-5,8-9,13,15H,3,6-7,10-12,18H2,1H3,(H,20,21);1H/t13?,15-;/m0./s1. The number of hydrogen-bond acceptors (Lipinski definition) is 4. The lowest BCUT2D eigenvalue weighted by Gasteiger charge is -2.12. The van der Waals surface area contributed by atoms with E-state index >= 15 is 0 Å². The van der Waals surface area contributed by atoms with Gasteiger partial charge in [-0.3, -0.25) is 9.59 Å². The number of rotatable bonds is 11. The van der Waals surface area contributed by atoms with Crippen molar-refractivity contribution in [3.05, 3.63) is 35.9 Å². The lowest BCUT2D eigenvalue weighted by molar-refractivity contribution is -0.138. The number of unbranched alkanes of at least 4 members (excludes halogenated alkanes) is 2. The number of ketones is 1. The number of carbonyl (C=O) groups is 2. The predicted molar refractivity (Wildman–Crippen MR) is 91.6 cm³/mol. The predicted octanol–water partition coefficient (Wildman–Crippen LogP) is 2.95. The normalized spacial score (nSPS) is 13.0. The van der Waals surface area contributed by atoms with Crippen molar-refractivity contribution < 1.29 is 19.4 Å². The Labute approximate surface area is 143 Å². The van der Waals surface area contributed by atoms with E-state index in [1.165, 1.54) is 0 Å². The molecule has 6 heteroatoms. The van der Waals surface area contributed by atoms with Gasteiger partial charge in [-0.25, -0.2) is 0 Å². The van der Waals surface area contributed by atoms with Crippen molar-refractivity contribution in [2.24, 2.45) is 5.73 Å². The minimum absolute atomic E-state index is 0. The van der Waals surface area contributed by atoms with Crippen LogP contribution in [-0.2, 0) is 20.9 Å². The monoisotopic (exact) mass is 343 g/mol. The summed E-state index contributed by atoms with van der Waals surface area (Å²) in [5, 5.41) is 8.66. The second kappa shape index (κ2) is 12.0. The molecular weight excluding hydrogens is 318 g/mol. The Morgan fingerprint density at radius 1 is 1.17 bits per heavy atom. The maximum atomic E-state index is 11.9. The van der Waals surface area contributed by atoms with Crippen LogP contribution in [0.4, 0.5) is 0 Å². The first-order valence-electron chi connectivity index (χ1n) is 7.67. The summed E-state index contributed by atoms with van der Waals surface area (Å²) in [6, 6.07) is 8.93. The number of benzene rings is 1. The number of ether oxygens (including phenoxy) is 1. The molecule has 0 radical (unpaired) electrons. The Morgan fingerprint density at radius 2 is 1.83 bits per heavy atom. The van der Waals surface area contributed by atoms with Crippen LogP contribution in [-0.4, -0.2) is 29.0 Å². The summed E-state index contributed by atoms with van der Waals surface area (Å²) >= 11 is 0. The zero-order valence-corrected chi connectivity index (χ0v) is 14.3. The van der Waals surface area contributed by atoms with Gasteiger partial charge in [-0.1, -0.05) is 43.2 Å². The highest BCUT2D eigenvalue weighted by atomic mass is 35.5. The molecule has 1 rings (SSSR count). The average molecular weight is 344 g/mol. The zero-order chi connectivity index (χ0) is 16.4. The van der Waals surface area contributed by atoms with Crippen molar-refractivity contribution in [3.8, 4) is 0 Å². The topological polar surface area (TPSA) is 89.6 Å². The van der Waals surface area contributed by atoms with E-state index in [4.69, 9.17) is 15.6 Å². The lowest BCUT2D eigenvalue weighted by atomic mass is 10.0. The maximum absolute atomic E-state index is 11.9. The van der Waals surface area contributed by atoms with Crippen molar-refractivity contribution in [1.82, 2.24) is 0 Å². The van der Waals surface area contributed by atoms with Gasteiger partial charge in [0.15, 0.2) is 5.78 Å². The van der Waals surface area contributed by atoms with Gasteiger partial charge in [-0.2, -0.15) is 0 Å². The van der Waals surface area contributed by atoms with E-state index in [9.17, 15) is 9.59 Å². The summed E-state index contributed by atoms with van der Waals surface area (Å²) in [7, 11) is 0. The van der Waals surface area contributed by atoms with E-state index in [2.05, 4.69) is 0 Å². The van der Waals surface area contributed by atoms with Crippen molar-refractivity contribution in [1.29, 1.82) is 0 Å². The molecule has 5 nitrogen and oxygen atoms in total. The SMILES string of the molecule is CC(OCc1ccccc1)C(=O)CCCCC[C@H](N)C(=O)O.Cl. The summed E-state index contributed by atoms with van der Waals surface area (Å²) in [6.45, 7) is 2.20. The summed E-state index contributed by atoms with van der Waals surface area (Å²) in [5.41, 5.74) is 6.46. The number of halogens is 1.